The maximum absolute atomic E-state index is 12.1. The summed E-state index contributed by atoms with van der Waals surface area (Å²) in [7, 11) is 0. The van der Waals surface area contributed by atoms with Gasteiger partial charge in [-0.1, -0.05) is 23.2 Å². The van der Waals surface area contributed by atoms with Crippen LogP contribution in [0.25, 0.3) is 0 Å². The van der Waals surface area contributed by atoms with Crippen LogP contribution >= 0.6 is 23.2 Å². The quantitative estimate of drug-likeness (QED) is 0.894. The van der Waals surface area contributed by atoms with Gasteiger partial charge in [-0.2, -0.15) is 0 Å². The first kappa shape index (κ1) is 16.5. The zero-order valence-electron chi connectivity index (χ0n) is 12.3. The standard InChI is InChI=1S/C15H16Cl2N4O/c1-3-21(4-2)15(22)12-7-8-14(20-19-12)18-13-9-10(16)5-6-11(13)17/h5-9H,3-4H2,1-2H3,(H,18,20). The summed E-state index contributed by atoms with van der Waals surface area (Å²) >= 11 is 12.0. The van der Waals surface area contributed by atoms with Crippen LogP contribution in [0.15, 0.2) is 30.3 Å². The molecule has 7 heteroatoms. The number of aromatic nitrogens is 2. The van der Waals surface area contributed by atoms with Gasteiger partial charge < -0.3 is 10.2 Å². The number of nitrogens with one attached hydrogen (secondary N) is 1. The molecule has 0 saturated carbocycles. The molecule has 0 aliphatic carbocycles. The molecule has 0 atom stereocenters. The molecule has 0 aliphatic rings. The SMILES string of the molecule is CCN(CC)C(=O)c1ccc(Nc2cc(Cl)ccc2Cl)nn1. The molecule has 22 heavy (non-hydrogen) atoms. The van der Waals surface area contributed by atoms with Crippen molar-refractivity contribution in [2.24, 2.45) is 0 Å². The minimum absolute atomic E-state index is 0.134. The topological polar surface area (TPSA) is 58.1 Å². The Bertz CT molecular complexity index is 657. The summed E-state index contributed by atoms with van der Waals surface area (Å²) in [5.74, 6) is 0.352. The van der Waals surface area contributed by atoms with E-state index in [9.17, 15) is 4.79 Å². The summed E-state index contributed by atoms with van der Waals surface area (Å²) in [5, 5.41) is 12.1. The molecule has 0 bridgehead atoms. The molecule has 1 amide bonds. The van der Waals surface area contributed by atoms with Gasteiger partial charge in [0.15, 0.2) is 11.5 Å². The Kier molecular flexibility index (Phi) is 5.57. The highest BCUT2D eigenvalue weighted by Crippen LogP contribution is 2.27. The lowest BCUT2D eigenvalue weighted by atomic mass is 10.3. The van der Waals surface area contributed by atoms with E-state index < -0.39 is 0 Å². The van der Waals surface area contributed by atoms with E-state index in [0.717, 1.165) is 0 Å². The lowest BCUT2D eigenvalue weighted by Gasteiger charge is -2.17. The van der Waals surface area contributed by atoms with Crippen LogP contribution in [0.3, 0.4) is 0 Å². The van der Waals surface area contributed by atoms with Crippen molar-refractivity contribution in [2.75, 3.05) is 18.4 Å². The second-order valence-corrected chi connectivity index (χ2v) is 5.37. The summed E-state index contributed by atoms with van der Waals surface area (Å²) in [6, 6.07) is 8.40. The first-order chi connectivity index (χ1) is 10.5. The van der Waals surface area contributed by atoms with E-state index in [0.29, 0.717) is 40.3 Å². The van der Waals surface area contributed by atoms with Crippen LogP contribution in [0, 0.1) is 0 Å². The molecule has 0 spiro atoms. The molecule has 1 aromatic carbocycles. The summed E-state index contributed by atoms with van der Waals surface area (Å²) in [5.41, 5.74) is 0.942. The van der Waals surface area contributed by atoms with Crippen LogP contribution < -0.4 is 5.32 Å². The average molecular weight is 339 g/mol. The lowest BCUT2D eigenvalue weighted by Crippen LogP contribution is -2.31. The molecule has 5 nitrogen and oxygen atoms in total. The molecule has 0 fully saturated rings. The van der Waals surface area contributed by atoms with Crippen LogP contribution in [0.1, 0.15) is 24.3 Å². The number of amides is 1. The third kappa shape index (κ3) is 3.87. The third-order valence-corrected chi connectivity index (χ3v) is 3.69. The molecule has 0 radical (unpaired) electrons. The minimum atomic E-state index is -0.134. The van der Waals surface area contributed by atoms with Crippen molar-refractivity contribution in [3.05, 3.63) is 46.1 Å². The molecule has 2 aromatic rings. The van der Waals surface area contributed by atoms with Gasteiger partial charge in [-0.25, -0.2) is 0 Å². The van der Waals surface area contributed by atoms with Crippen LogP contribution in [-0.2, 0) is 0 Å². The maximum atomic E-state index is 12.1. The van der Waals surface area contributed by atoms with Crippen molar-refractivity contribution in [1.29, 1.82) is 0 Å². The van der Waals surface area contributed by atoms with Crippen LogP contribution in [0.2, 0.25) is 10.0 Å². The van der Waals surface area contributed by atoms with Gasteiger partial charge in [0.2, 0.25) is 0 Å². The Balaban J connectivity index is 2.15. The summed E-state index contributed by atoms with van der Waals surface area (Å²) in [6.07, 6.45) is 0. The van der Waals surface area contributed by atoms with E-state index in [1.807, 2.05) is 13.8 Å². The van der Waals surface area contributed by atoms with E-state index in [2.05, 4.69) is 15.5 Å². The van der Waals surface area contributed by atoms with E-state index in [-0.39, 0.29) is 5.91 Å². The Morgan fingerprint density at radius 2 is 1.86 bits per heavy atom. The van der Waals surface area contributed by atoms with Crippen LogP contribution in [0.4, 0.5) is 11.5 Å². The minimum Gasteiger partial charge on any atom is -0.338 e. The predicted molar refractivity (Wildman–Crippen MR) is 89.0 cm³/mol. The molecule has 1 heterocycles. The number of rotatable bonds is 5. The fourth-order valence-electron chi connectivity index (χ4n) is 1.92. The fraction of sp³-hybridized carbons (Fsp3) is 0.267. The number of hydrogen-bond donors (Lipinski definition) is 1. The highest BCUT2D eigenvalue weighted by atomic mass is 35.5. The maximum Gasteiger partial charge on any atom is 0.274 e. The summed E-state index contributed by atoms with van der Waals surface area (Å²) in [6.45, 7) is 5.11. The molecule has 0 saturated heterocycles. The zero-order valence-corrected chi connectivity index (χ0v) is 13.8. The van der Waals surface area contributed by atoms with Gasteiger partial charge in [0.25, 0.3) is 5.91 Å². The first-order valence-corrected chi connectivity index (χ1v) is 7.65. The largest absolute Gasteiger partial charge is 0.338 e. The number of halogens is 2. The Labute approximate surface area is 139 Å². The van der Waals surface area contributed by atoms with Crippen molar-refractivity contribution in [1.82, 2.24) is 15.1 Å². The third-order valence-electron chi connectivity index (χ3n) is 3.13. The van der Waals surface area contributed by atoms with Gasteiger partial charge in [0.05, 0.1) is 10.7 Å². The predicted octanol–water partition coefficient (Wildman–Crippen LogP) is 4.01. The summed E-state index contributed by atoms with van der Waals surface area (Å²) in [4.78, 5) is 13.8. The van der Waals surface area contributed by atoms with Crippen LogP contribution in [0.5, 0.6) is 0 Å². The Hall–Kier alpha value is -1.85. The molecular weight excluding hydrogens is 323 g/mol. The van der Waals surface area contributed by atoms with Gasteiger partial charge >= 0.3 is 0 Å². The molecule has 2 rings (SSSR count). The fourth-order valence-corrected chi connectivity index (χ4v) is 2.25. The van der Waals surface area contributed by atoms with Gasteiger partial charge in [-0.05, 0) is 44.2 Å². The molecule has 0 unspecified atom stereocenters. The monoisotopic (exact) mass is 338 g/mol. The normalized spacial score (nSPS) is 10.4. The Morgan fingerprint density at radius 1 is 1.14 bits per heavy atom. The zero-order chi connectivity index (χ0) is 16.1. The number of anilines is 2. The highest BCUT2D eigenvalue weighted by molar-refractivity contribution is 6.35. The Morgan fingerprint density at radius 3 is 2.45 bits per heavy atom. The van der Waals surface area contributed by atoms with Crippen LogP contribution in [-0.4, -0.2) is 34.1 Å². The molecule has 1 N–H and O–H groups in total. The van der Waals surface area contributed by atoms with E-state index >= 15 is 0 Å². The smallest absolute Gasteiger partial charge is 0.274 e. The molecule has 116 valence electrons. The molecular formula is C15H16Cl2N4O. The average Bonchev–Trinajstić information content (AvgIpc) is 2.53. The van der Waals surface area contributed by atoms with E-state index in [1.54, 1.807) is 35.2 Å². The van der Waals surface area contributed by atoms with E-state index in [4.69, 9.17) is 23.2 Å². The van der Waals surface area contributed by atoms with Gasteiger partial charge in [-0.3, -0.25) is 4.79 Å². The summed E-state index contributed by atoms with van der Waals surface area (Å²) < 4.78 is 0. The number of benzene rings is 1. The first-order valence-electron chi connectivity index (χ1n) is 6.90. The van der Waals surface area contributed by atoms with Crippen molar-refractivity contribution in [2.45, 2.75) is 13.8 Å². The number of hydrogen-bond acceptors (Lipinski definition) is 4. The highest BCUT2D eigenvalue weighted by Gasteiger charge is 2.14. The second-order valence-electron chi connectivity index (χ2n) is 4.53. The van der Waals surface area contributed by atoms with Crippen molar-refractivity contribution >= 4 is 40.6 Å². The lowest BCUT2D eigenvalue weighted by molar-refractivity contribution is 0.0766. The van der Waals surface area contributed by atoms with Crippen molar-refractivity contribution in [3.63, 3.8) is 0 Å². The molecule has 0 aliphatic heterocycles. The van der Waals surface area contributed by atoms with Crippen molar-refractivity contribution in [3.8, 4) is 0 Å². The number of carbonyl (C=O) groups is 1. The van der Waals surface area contributed by atoms with Crippen molar-refractivity contribution < 1.29 is 4.79 Å². The number of carbonyl (C=O) groups excluding carboxylic acids is 1. The van der Waals surface area contributed by atoms with Gasteiger partial charge in [-0.15, -0.1) is 10.2 Å². The second kappa shape index (κ2) is 7.42. The number of nitrogens with zero attached hydrogens (tertiary/aromatic N) is 3. The van der Waals surface area contributed by atoms with Gasteiger partial charge in [0, 0.05) is 18.1 Å². The molecule has 1 aromatic heterocycles. The van der Waals surface area contributed by atoms with Gasteiger partial charge in [0.1, 0.15) is 0 Å². The van der Waals surface area contributed by atoms with E-state index in [1.165, 1.54) is 0 Å².